The van der Waals surface area contributed by atoms with Crippen LogP contribution in [-0.2, 0) is 4.74 Å². The summed E-state index contributed by atoms with van der Waals surface area (Å²) in [5, 5.41) is 0. The van der Waals surface area contributed by atoms with Crippen molar-refractivity contribution in [2.24, 2.45) is 17.6 Å². The van der Waals surface area contributed by atoms with Crippen molar-refractivity contribution in [1.82, 2.24) is 0 Å². The summed E-state index contributed by atoms with van der Waals surface area (Å²) in [6.45, 7) is 5.25. The predicted molar refractivity (Wildman–Crippen MR) is 62.7 cm³/mol. The molecule has 0 saturated heterocycles. The first kappa shape index (κ1) is 11.4. The van der Waals surface area contributed by atoms with E-state index in [4.69, 9.17) is 10.5 Å². The van der Waals surface area contributed by atoms with E-state index in [9.17, 15) is 0 Å². The van der Waals surface area contributed by atoms with Gasteiger partial charge in [-0.2, -0.15) is 0 Å². The van der Waals surface area contributed by atoms with Crippen LogP contribution < -0.4 is 5.73 Å². The predicted octanol–water partition coefficient (Wildman–Crippen LogP) is 2.71. The summed E-state index contributed by atoms with van der Waals surface area (Å²) in [6.07, 6.45) is 7.66. The third kappa shape index (κ3) is 2.36. The number of ether oxygens (including phenoxy) is 1. The van der Waals surface area contributed by atoms with Gasteiger partial charge in [0.25, 0.3) is 0 Å². The standard InChI is InChI=1S/C13H25NO/c1-3-15-13(12(14)11-6-7-11)8-4-5-10(2)9-13/h10-12H,3-9,14H2,1-2H3. The highest BCUT2D eigenvalue weighted by Gasteiger charge is 2.47. The zero-order chi connectivity index (χ0) is 10.9. The van der Waals surface area contributed by atoms with Gasteiger partial charge in [0.1, 0.15) is 0 Å². The maximum atomic E-state index is 6.41. The minimum atomic E-state index is 0.0214. The second kappa shape index (κ2) is 4.42. The molecule has 15 heavy (non-hydrogen) atoms. The number of hydrogen-bond acceptors (Lipinski definition) is 2. The van der Waals surface area contributed by atoms with E-state index in [0.29, 0.717) is 6.04 Å². The fraction of sp³-hybridized carbons (Fsp3) is 1.00. The first-order chi connectivity index (χ1) is 7.18. The summed E-state index contributed by atoms with van der Waals surface area (Å²) in [5.41, 5.74) is 6.43. The minimum Gasteiger partial charge on any atom is -0.374 e. The number of rotatable bonds is 4. The molecule has 3 unspecified atom stereocenters. The quantitative estimate of drug-likeness (QED) is 0.776. The van der Waals surface area contributed by atoms with E-state index in [2.05, 4.69) is 13.8 Å². The molecule has 2 fully saturated rings. The first-order valence-electron chi connectivity index (χ1n) is 6.57. The number of hydrogen-bond donors (Lipinski definition) is 1. The topological polar surface area (TPSA) is 35.2 Å². The summed E-state index contributed by atoms with van der Waals surface area (Å²) in [5.74, 6) is 1.54. The SMILES string of the molecule is CCOC1(C(N)C2CC2)CCCC(C)C1. The van der Waals surface area contributed by atoms with Crippen LogP contribution in [0.3, 0.4) is 0 Å². The van der Waals surface area contributed by atoms with Crippen LogP contribution in [0.4, 0.5) is 0 Å². The van der Waals surface area contributed by atoms with Crippen molar-refractivity contribution in [2.75, 3.05) is 6.61 Å². The molecule has 0 aromatic rings. The average molecular weight is 211 g/mol. The van der Waals surface area contributed by atoms with Gasteiger partial charge >= 0.3 is 0 Å². The van der Waals surface area contributed by atoms with E-state index in [0.717, 1.165) is 18.4 Å². The zero-order valence-corrected chi connectivity index (χ0v) is 10.2. The van der Waals surface area contributed by atoms with E-state index in [-0.39, 0.29) is 5.60 Å². The molecule has 0 bridgehead atoms. The van der Waals surface area contributed by atoms with Gasteiger partial charge in [-0.25, -0.2) is 0 Å². The lowest BCUT2D eigenvalue weighted by atomic mass is 9.73. The van der Waals surface area contributed by atoms with E-state index in [1.165, 1.54) is 38.5 Å². The normalized spacial score (nSPS) is 39.0. The molecule has 2 nitrogen and oxygen atoms in total. The molecule has 2 N–H and O–H groups in total. The third-order valence-electron chi connectivity index (χ3n) is 4.16. The molecule has 0 aliphatic heterocycles. The molecule has 3 atom stereocenters. The van der Waals surface area contributed by atoms with Gasteiger partial charge in [-0.05, 0) is 44.4 Å². The van der Waals surface area contributed by atoms with Crippen LogP contribution in [0.5, 0.6) is 0 Å². The van der Waals surface area contributed by atoms with Gasteiger partial charge < -0.3 is 10.5 Å². The van der Waals surface area contributed by atoms with Crippen molar-refractivity contribution in [3.63, 3.8) is 0 Å². The molecular weight excluding hydrogens is 186 g/mol. The smallest absolute Gasteiger partial charge is 0.0837 e. The van der Waals surface area contributed by atoms with Crippen LogP contribution in [0.15, 0.2) is 0 Å². The molecule has 88 valence electrons. The summed E-state index contributed by atoms with van der Waals surface area (Å²) < 4.78 is 6.08. The fourth-order valence-corrected chi connectivity index (χ4v) is 3.25. The molecule has 0 spiro atoms. The first-order valence-corrected chi connectivity index (χ1v) is 6.57. The van der Waals surface area contributed by atoms with Crippen molar-refractivity contribution in [3.05, 3.63) is 0 Å². The van der Waals surface area contributed by atoms with Crippen LogP contribution in [0, 0.1) is 11.8 Å². The van der Waals surface area contributed by atoms with Crippen LogP contribution in [0.2, 0.25) is 0 Å². The lowest BCUT2D eigenvalue weighted by Gasteiger charge is -2.44. The monoisotopic (exact) mass is 211 g/mol. The Morgan fingerprint density at radius 2 is 2.13 bits per heavy atom. The zero-order valence-electron chi connectivity index (χ0n) is 10.2. The van der Waals surface area contributed by atoms with Gasteiger partial charge in [0.15, 0.2) is 0 Å². The molecule has 2 aliphatic carbocycles. The van der Waals surface area contributed by atoms with Crippen LogP contribution >= 0.6 is 0 Å². The molecular formula is C13H25NO. The Bertz CT molecular complexity index is 211. The fourth-order valence-electron chi connectivity index (χ4n) is 3.25. The highest BCUT2D eigenvalue weighted by atomic mass is 16.5. The second-order valence-electron chi connectivity index (χ2n) is 5.56. The lowest BCUT2D eigenvalue weighted by Crippen LogP contribution is -2.53. The molecule has 2 heteroatoms. The third-order valence-corrected chi connectivity index (χ3v) is 4.16. The Balaban J connectivity index is 2.06. The molecule has 0 amide bonds. The summed E-state index contributed by atoms with van der Waals surface area (Å²) in [6, 6.07) is 0.292. The summed E-state index contributed by atoms with van der Waals surface area (Å²) in [4.78, 5) is 0. The molecule has 2 saturated carbocycles. The van der Waals surface area contributed by atoms with Gasteiger partial charge in [-0.3, -0.25) is 0 Å². The highest BCUT2D eigenvalue weighted by molar-refractivity contribution is 5.02. The molecule has 0 radical (unpaired) electrons. The van der Waals surface area contributed by atoms with E-state index in [1.807, 2.05) is 0 Å². The van der Waals surface area contributed by atoms with Crippen molar-refractivity contribution in [1.29, 1.82) is 0 Å². The van der Waals surface area contributed by atoms with Crippen LogP contribution in [0.25, 0.3) is 0 Å². The number of nitrogens with two attached hydrogens (primary N) is 1. The van der Waals surface area contributed by atoms with Gasteiger partial charge in [0.2, 0.25) is 0 Å². The van der Waals surface area contributed by atoms with Gasteiger partial charge in [-0.1, -0.05) is 19.8 Å². The Labute approximate surface area is 93.6 Å². The molecule has 2 aliphatic rings. The average Bonchev–Trinajstić information content (AvgIpc) is 3.00. The Morgan fingerprint density at radius 1 is 1.40 bits per heavy atom. The lowest BCUT2D eigenvalue weighted by molar-refractivity contribution is -0.0967. The van der Waals surface area contributed by atoms with Crippen molar-refractivity contribution in [2.45, 2.75) is 64.0 Å². The van der Waals surface area contributed by atoms with Crippen molar-refractivity contribution < 1.29 is 4.74 Å². The van der Waals surface area contributed by atoms with Crippen molar-refractivity contribution in [3.8, 4) is 0 Å². The Kier molecular flexibility index (Phi) is 3.36. The summed E-state index contributed by atoms with van der Waals surface area (Å²) in [7, 11) is 0. The van der Waals surface area contributed by atoms with E-state index in [1.54, 1.807) is 0 Å². The molecule has 2 rings (SSSR count). The van der Waals surface area contributed by atoms with Crippen LogP contribution in [-0.4, -0.2) is 18.2 Å². The minimum absolute atomic E-state index is 0.0214. The second-order valence-corrected chi connectivity index (χ2v) is 5.56. The highest BCUT2D eigenvalue weighted by Crippen LogP contribution is 2.44. The summed E-state index contributed by atoms with van der Waals surface area (Å²) >= 11 is 0. The van der Waals surface area contributed by atoms with E-state index < -0.39 is 0 Å². The maximum Gasteiger partial charge on any atom is 0.0837 e. The Hall–Kier alpha value is -0.0800. The molecule has 0 aromatic heterocycles. The van der Waals surface area contributed by atoms with Crippen LogP contribution in [0.1, 0.15) is 52.4 Å². The Morgan fingerprint density at radius 3 is 2.67 bits per heavy atom. The van der Waals surface area contributed by atoms with Gasteiger partial charge in [0, 0.05) is 12.6 Å². The van der Waals surface area contributed by atoms with Gasteiger partial charge in [0.05, 0.1) is 5.60 Å². The molecule has 0 heterocycles. The van der Waals surface area contributed by atoms with Gasteiger partial charge in [-0.15, -0.1) is 0 Å². The van der Waals surface area contributed by atoms with E-state index >= 15 is 0 Å². The largest absolute Gasteiger partial charge is 0.374 e. The van der Waals surface area contributed by atoms with Crippen molar-refractivity contribution >= 4 is 0 Å². The maximum absolute atomic E-state index is 6.41. The molecule has 0 aromatic carbocycles.